The van der Waals surface area contributed by atoms with E-state index in [0.717, 1.165) is 5.56 Å². The van der Waals surface area contributed by atoms with Gasteiger partial charge in [0.05, 0.1) is 24.5 Å². The number of ketones is 1. The number of hydrogen-bond acceptors (Lipinski definition) is 4. The van der Waals surface area contributed by atoms with Gasteiger partial charge in [-0.1, -0.05) is 30.3 Å². The van der Waals surface area contributed by atoms with Crippen molar-refractivity contribution in [2.75, 3.05) is 7.11 Å². The zero-order chi connectivity index (χ0) is 18.8. The summed E-state index contributed by atoms with van der Waals surface area (Å²) in [5.74, 6) is -0.483. The third-order valence-electron chi connectivity index (χ3n) is 5.08. The zero-order valence-corrected chi connectivity index (χ0v) is 17.2. The molecule has 5 heteroatoms. The highest BCUT2D eigenvalue weighted by atomic mass is 28.4. The molecule has 0 unspecified atom stereocenters. The van der Waals surface area contributed by atoms with Crippen LogP contribution in [0.15, 0.2) is 30.3 Å². The Bertz CT molecular complexity index is 618. The lowest BCUT2D eigenvalue weighted by molar-refractivity contribution is -0.156. The molecule has 0 N–H and O–H groups in total. The van der Waals surface area contributed by atoms with Gasteiger partial charge in [-0.05, 0) is 51.4 Å². The molecule has 0 amide bonds. The highest BCUT2D eigenvalue weighted by molar-refractivity contribution is 6.69. The number of methoxy groups -OCH3 is 1. The fourth-order valence-electron chi connectivity index (χ4n) is 3.84. The Morgan fingerprint density at radius 2 is 1.80 bits per heavy atom. The van der Waals surface area contributed by atoms with E-state index in [1.165, 1.54) is 7.11 Å². The highest BCUT2D eigenvalue weighted by Gasteiger charge is 2.51. The maximum atomic E-state index is 12.8. The Labute approximate surface area is 152 Å². The van der Waals surface area contributed by atoms with Gasteiger partial charge in [0.2, 0.25) is 0 Å². The predicted octanol–water partition coefficient (Wildman–Crippen LogP) is 4.37. The molecule has 25 heavy (non-hydrogen) atoms. The van der Waals surface area contributed by atoms with Crippen molar-refractivity contribution in [3.8, 4) is 0 Å². The molecule has 1 aliphatic rings. The summed E-state index contributed by atoms with van der Waals surface area (Å²) in [4.78, 5) is 25.2. The minimum atomic E-state index is -1.89. The van der Waals surface area contributed by atoms with Crippen LogP contribution < -0.4 is 0 Å². The van der Waals surface area contributed by atoms with Gasteiger partial charge in [0.25, 0.3) is 0 Å². The second-order valence-electron chi connectivity index (χ2n) is 8.41. The molecule has 0 radical (unpaired) electrons. The lowest BCUT2D eigenvalue weighted by atomic mass is 9.70. The number of esters is 1. The Morgan fingerprint density at radius 3 is 2.32 bits per heavy atom. The van der Waals surface area contributed by atoms with Gasteiger partial charge in [-0.25, -0.2) is 0 Å². The maximum absolute atomic E-state index is 12.8. The van der Waals surface area contributed by atoms with Crippen LogP contribution in [-0.2, 0) is 18.8 Å². The quantitative estimate of drug-likeness (QED) is 0.557. The fourth-order valence-corrected chi connectivity index (χ4v) is 4.89. The van der Waals surface area contributed by atoms with Gasteiger partial charge in [-0.3, -0.25) is 9.59 Å². The number of rotatable bonds is 6. The molecule has 0 saturated heterocycles. The Hall–Kier alpha value is -1.46. The molecular formula is C20H30O4Si. The number of hydrogen-bond donors (Lipinski definition) is 0. The van der Waals surface area contributed by atoms with Gasteiger partial charge in [0, 0.05) is 6.42 Å². The predicted molar refractivity (Wildman–Crippen MR) is 101 cm³/mol. The Kier molecular flexibility index (Phi) is 5.89. The topological polar surface area (TPSA) is 52.6 Å². The summed E-state index contributed by atoms with van der Waals surface area (Å²) < 4.78 is 11.5. The first-order valence-corrected chi connectivity index (χ1v) is 12.3. The van der Waals surface area contributed by atoms with Crippen LogP contribution in [0.1, 0.15) is 38.4 Å². The number of Topliss-reactive ketones (excluding diaryl/α,β-unsaturated/α-hetero) is 1. The second kappa shape index (κ2) is 7.42. The summed E-state index contributed by atoms with van der Waals surface area (Å²) in [6.45, 7) is 10.1. The van der Waals surface area contributed by atoms with Crippen LogP contribution >= 0.6 is 0 Å². The molecule has 4 nitrogen and oxygen atoms in total. The molecule has 2 rings (SSSR count). The summed E-state index contributed by atoms with van der Waals surface area (Å²) in [6, 6.07) is 9.92. The van der Waals surface area contributed by atoms with Crippen LogP contribution in [0.25, 0.3) is 0 Å². The van der Waals surface area contributed by atoms with E-state index in [1.54, 1.807) is 0 Å². The molecule has 0 bridgehead atoms. The Morgan fingerprint density at radius 1 is 1.20 bits per heavy atom. The van der Waals surface area contributed by atoms with Crippen LogP contribution in [0, 0.1) is 17.3 Å². The lowest BCUT2D eigenvalue weighted by Gasteiger charge is -2.38. The van der Waals surface area contributed by atoms with Gasteiger partial charge in [-0.2, -0.15) is 0 Å². The molecular weight excluding hydrogens is 332 g/mol. The molecule has 138 valence electrons. The molecule has 1 aromatic rings. The van der Waals surface area contributed by atoms with Crippen molar-refractivity contribution in [2.24, 2.45) is 17.3 Å². The summed E-state index contributed by atoms with van der Waals surface area (Å²) in [6.07, 6.45) is 0.884. The summed E-state index contributed by atoms with van der Waals surface area (Å²) in [5.41, 5.74) is 0.289. The highest BCUT2D eigenvalue weighted by Crippen LogP contribution is 2.49. The lowest BCUT2D eigenvalue weighted by Crippen LogP contribution is -2.42. The summed E-state index contributed by atoms with van der Waals surface area (Å²) >= 11 is 0. The molecule has 0 aliphatic heterocycles. The molecule has 1 saturated carbocycles. The molecule has 1 aromatic carbocycles. The van der Waals surface area contributed by atoms with Crippen molar-refractivity contribution in [1.82, 2.24) is 0 Å². The largest absolute Gasteiger partial charge is 0.469 e. The van der Waals surface area contributed by atoms with Crippen molar-refractivity contribution in [3.63, 3.8) is 0 Å². The first-order chi connectivity index (χ1) is 11.6. The first-order valence-electron chi connectivity index (χ1n) is 8.92. The van der Waals surface area contributed by atoms with E-state index in [0.29, 0.717) is 12.8 Å². The molecule has 1 aliphatic carbocycles. The van der Waals surface area contributed by atoms with Gasteiger partial charge in [0.15, 0.2) is 8.32 Å². The standard InChI is InChI=1S/C20H30O4Si/c1-20(2,19(22)23-3)15-12-13-16(21)17(15)18(24-25(4,5)6)14-10-8-7-9-11-14/h7-11,15,17-18H,12-13H2,1-6H3/t15-,17+,18-/m0/s1. The third-order valence-corrected chi connectivity index (χ3v) is 6.04. The van der Waals surface area contributed by atoms with Crippen molar-refractivity contribution < 1.29 is 18.8 Å². The van der Waals surface area contributed by atoms with E-state index in [9.17, 15) is 9.59 Å². The molecule has 0 spiro atoms. The number of carbonyl (C=O) groups is 2. The molecule has 1 fully saturated rings. The molecule has 0 heterocycles. The normalized spacial score (nSPS) is 22.7. The SMILES string of the molecule is COC(=O)C(C)(C)[C@H]1CCC(=O)[C@@H]1[C@@H](O[Si](C)(C)C)c1ccccc1. The van der Waals surface area contributed by atoms with Crippen LogP contribution in [-0.4, -0.2) is 27.2 Å². The van der Waals surface area contributed by atoms with E-state index in [2.05, 4.69) is 19.6 Å². The average Bonchev–Trinajstić information content (AvgIpc) is 2.94. The first kappa shape index (κ1) is 19.9. The molecule has 3 atom stereocenters. The number of ether oxygens (including phenoxy) is 1. The van der Waals surface area contributed by atoms with Crippen LogP contribution in [0.2, 0.25) is 19.6 Å². The number of benzene rings is 1. The second-order valence-corrected chi connectivity index (χ2v) is 12.9. The monoisotopic (exact) mass is 362 g/mol. The van der Waals surface area contributed by atoms with E-state index in [4.69, 9.17) is 9.16 Å². The fraction of sp³-hybridized carbons (Fsp3) is 0.600. The third kappa shape index (κ3) is 4.39. The van der Waals surface area contributed by atoms with Crippen molar-refractivity contribution >= 4 is 20.1 Å². The van der Waals surface area contributed by atoms with Gasteiger partial charge < -0.3 is 9.16 Å². The van der Waals surface area contributed by atoms with Gasteiger partial charge in [0.1, 0.15) is 5.78 Å². The Balaban J connectivity index is 2.46. The summed E-state index contributed by atoms with van der Waals surface area (Å²) in [7, 11) is -0.487. The van der Waals surface area contributed by atoms with E-state index in [1.807, 2.05) is 44.2 Å². The molecule has 0 aromatic heterocycles. The summed E-state index contributed by atoms with van der Waals surface area (Å²) in [5, 5.41) is 0. The minimum Gasteiger partial charge on any atom is -0.469 e. The smallest absolute Gasteiger partial charge is 0.311 e. The zero-order valence-electron chi connectivity index (χ0n) is 16.2. The van der Waals surface area contributed by atoms with Gasteiger partial charge >= 0.3 is 5.97 Å². The van der Waals surface area contributed by atoms with Crippen molar-refractivity contribution in [1.29, 1.82) is 0 Å². The number of carbonyl (C=O) groups excluding carboxylic acids is 2. The van der Waals surface area contributed by atoms with E-state index in [-0.39, 0.29) is 29.7 Å². The van der Waals surface area contributed by atoms with E-state index >= 15 is 0 Å². The van der Waals surface area contributed by atoms with Crippen molar-refractivity contribution in [2.45, 2.75) is 52.4 Å². The van der Waals surface area contributed by atoms with Gasteiger partial charge in [-0.15, -0.1) is 0 Å². The van der Waals surface area contributed by atoms with Crippen LogP contribution in [0.4, 0.5) is 0 Å². The van der Waals surface area contributed by atoms with E-state index < -0.39 is 13.7 Å². The van der Waals surface area contributed by atoms with Crippen LogP contribution in [0.3, 0.4) is 0 Å². The maximum Gasteiger partial charge on any atom is 0.311 e. The van der Waals surface area contributed by atoms with Crippen molar-refractivity contribution in [3.05, 3.63) is 35.9 Å². The average molecular weight is 363 g/mol. The van der Waals surface area contributed by atoms with Crippen LogP contribution in [0.5, 0.6) is 0 Å². The minimum absolute atomic E-state index is 0.0889.